The van der Waals surface area contributed by atoms with Crippen LogP contribution in [0.25, 0.3) is 0 Å². The SMILES string of the molecule is CCCCCCCCCCCCCCCCCCCCCCCOc1ccc(S(=O)(=O)c2c(C(F)(F)S(=O)(=O)O)cc(CCCCCCCCCCCCCCCCCCCCCCC)cc2C(F)(F)S(=O)(=O)O)c(C(F)(F)S(=O)(=O)O)c1. The number of sulfone groups is 1. The van der Waals surface area contributed by atoms with Gasteiger partial charge >= 0.3 is 46.1 Å². The Morgan fingerprint density at radius 3 is 0.880 bits per heavy atom. The molecule has 0 spiro atoms. The minimum absolute atomic E-state index is 0.0185. The summed E-state index contributed by atoms with van der Waals surface area (Å²) in [6.07, 6.45) is 45.3. The van der Waals surface area contributed by atoms with E-state index in [-0.39, 0.29) is 37.3 Å². The van der Waals surface area contributed by atoms with Crippen LogP contribution in [0.5, 0.6) is 5.75 Å². The molecule has 0 heterocycles. The van der Waals surface area contributed by atoms with E-state index in [1.165, 1.54) is 161 Å². The second-order valence-electron chi connectivity index (χ2n) is 22.9. The maximum Gasteiger partial charge on any atom is 0.396 e. The molecule has 0 saturated heterocycles. The Morgan fingerprint density at radius 2 is 0.602 bits per heavy atom. The number of aryl methyl sites for hydroxylation is 1. The van der Waals surface area contributed by atoms with Crippen LogP contribution in [0.2, 0.25) is 0 Å². The molecule has 0 atom stereocenters. The molecule has 0 fully saturated rings. The van der Waals surface area contributed by atoms with Crippen LogP contribution in [-0.2, 0) is 62.4 Å². The highest BCUT2D eigenvalue weighted by Gasteiger charge is 2.57. The number of hydrogen-bond acceptors (Lipinski definition) is 9. The standard InChI is InChI=1S/C61H102F6O12S4/c1-3-5-7-9-11-13-15-17-19-21-23-25-27-29-31-33-35-37-39-41-43-45-52-49-55(60(64,65)82(73,74)75)58(56(50-52)61(66,67)83(76,77)78)80(68,69)57-47-46-53(51-54(57)59(62,63)81(70,71)72)79-48-44-42-40-38-36-34-32-30-28-26-24-22-20-18-16-14-12-10-8-6-4-2/h46-47,49-51H,3-45,48H2,1-2H3,(H,70,71,72)(H,73,74,75)(H,76,77,78). The number of halogens is 6. The first-order valence-corrected chi connectivity index (χ1v) is 37.2. The summed E-state index contributed by atoms with van der Waals surface area (Å²) in [5.74, 6) is -0.650. The van der Waals surface area contributed by atoms with Crippen molar-refractivity contribution in [1.82, 2.24) is 0 Å². The largest absolute Gasteiger partial charge is 0.494 e. The highest BCUT2D eigenvalue weighted by Crippen LogP contribution is 2.49. The van der Waals surface area contributed by atoms with Gasteiger partial charge in [-0.25, -0.2) is 8.42 Å². The molecule has 0 aliphatic heterocycles. The number of hydrogen-bond donors (Lipinski definition) is 3. The van der Waals surface area contributed by atoms with Crippen molar-refractivity contribution < 1.29 is 78.4 Å². The predicted molar refractivity (Wildman–Crippen MR) is 319 cm³/mol. The first kappa shape index (κ1) is 76.6. The van der Waals surface area contributed by atoms with E-state index >= 15 is 26.3 Å². The molecule has 0 aliphatic rings. The summed E-state index contributed by atoms with van der Waals surface area (Å²) in [7, 11) is -27.0. The summed E-state index contributed by atoms with van der Waals surface area (Å²) in [4.78, 5) is -4.75. The molecule has 3 N–H and O–H groups in total. The van der Waals surface area contributed by atoms with E-state index < -0.39 is 100 Å². The fourth-order valence-electron chi connectivity index (χ4n) is 10.6. The van der Waals surface area contributed by atoms with Gasteiger partial charge in [0.15, 0.2) is 0 Å². The summed E-state index contributed by atoms with van der Waals surface area (Å²) in [6.45, 7) is 4.25. The quantitative estimate of drug-likeness (QED) is 0.0321. The van der Waals surface area contributed by atoms with Gasteiger partial charge in [0.05, 0.1) is 33.1 Å². The molecule has 0 amide bonds. The number of unbranched alkanes of at least 4 members (excludes halogenated alkanes) is 40. The molecule has 0 radical (unpaired) electrons. The van der Waals surface area contributed by atoms with Gasteiger partial charge in [0.2, 0.25) is 9.84 Å². The average Bonchev–Trinajstić information content (AvgIpc) is 1.93. The lowest BCUT2D eigenvalue weighted by molar-refractivity contribution is 0.0654. The van der Waals surface area contributed by atoms with Gasteiger partial charge in [-0.15, -0.1) is 0 Å². The lowest BCUT2D eigenvalue weighted by Gasteiger charge is -2.26. The van der Waals surface area contributed by atoms with Gasteiger partial charge in [-0.05, 0) is 55.2 Å². The van der Waals surface area contributed by atoms with Crippen LogP contribution in [0.15, 0.2) is 40.1 Å². The van der Waals surface area contributed by atoms with Crippen molar-refractivity contribution >= 4 is 40.2 Å². The Morgan fingerprint density at radius 1 is 0.349 bits per heavy atom. The molecule has 0 bridgehead atoms. The molecule has 22 heteroatoms. The molecule has 0 aliphatic carbocycles. The molecule has 2 aromatic rings. The predicted octanol–water partition coefficient (Wildman–Crippen LogP) is 19.7. The minimum Gasteiger partial charge on any atom is -0.494 e. The van der Waals surface area contributed by atoms with Gasteiger partial charge in [-0.3, -0.25) is 13.7 Å². The highest BCUT2D eigenvalue weighted by atomic mass is 32.2. The molecular formula is C61H102F6O12S4. The van der Waals surface area contributed by atoms with E-state index in [2.05, 4.69) is 13.8 Å². The van der Waals surface area contributed by atoms with Crippen LogP contribution in [0.1, 0.15) is 306 Å². The van der Waals surface area contributed by atoms with E-state index in [0.29, 0.717) is 31.7 Å². The van der Waals surface area contributed by atoms with E-state index in [1.54, 1.807) is 0 Å². The molecular weight excluding hydrogens is 1170 g/mol. The Hall–Kier alpha value is -2.50. The topological polar surface area (TPSA) is 206 Å². The zero-order valence-corrected chi connectivity index (χ0v) is 53.2. The zero-order valence-electron chi connectivity index (χ0n) is 49.9. The monoisotopic (exact) mass is 1270 g/mol. The van der Waals surface area contributed by atoms with Crippen molar-refractivity contribution in [2.45, 2.75) is 315 Å². The van der Waals surface area contributed by atoms with Crippen LogP contribution < -0.4 is 4.74 Å². The van der Waals surface area contributed by atoms with Gasteiger partial charge < -0.3 is 4.74 Å². The fraction of sp³-hybridized carbons (Fsp3) is 0.803. The third-order valence-electron chi connectivity index (χ3n) is 15.7. The zero-order chi connectivity index (χ0) is 61.9. The van der Waals surface area contributed by atoms with Crippen LogP contribution in [0.3, 0.4) is 0 Å². The third-order valence-corrected chi connectivity index (χ3v) is 20.2. The van der Waals surface area contributed by atoms with Crippen molar-refractivity contribution in [3.05, 3.63) is 52.6 Å². The highest BCUT2D eigenvalue weighted by molar-refractivity contribution is 7.92. The van der Waals surface area contributed by atoms with Crippen molar-refractivity contribution in [3.63, 3.8) is 0 Å². The maximum atomic E-state index is 16.0. The number of benzene rings is 2. The Labute approximate surface area is 496 Å². The van der Waals surface area contributed by atoms with Gasteiger partial charge in [0.25, 0.3) is 0 Å². The molecule has 0 aromatic heterocycles. The van der Waals surface area contributed by atoms with E-state index in [4.69, 9.17) is 4.74 Å². The molecule has 0 saturated carbocycles. The second-order valence-corrected chi connectivity index (χ2v) is 29.1. The van der Waals surface area contributed by atoms with Gasteiger partial charge in [0, 0.05) is 0 Å². The third kappa shape index (κ3) is 28.0. The van der Waals surface area contributed by atoms with Crippen LogP contribution in [0, 0.1) is 0 Å². The van der Waals surface area contributed by atoms with Gasteiger partial charge in [-0.2, -0.15) is 51.6 Å². The first-order chi connectivity index (χ1) is 39.2. The lowest BCUT2D eigenvalue weighted by atomic mass is 9.99. The normalized spacial score (nSPS) is 13.1. The maximum absolute atomic E-state index is 16.0. The van der Waals surface area contributed by atoms with Gasteiger partial charge in [-0.1, -0.05) is 271 Å². The number of alkyl halides is 6. The number of rotatable bonds is 53. The van der Waals surface area contributed by atoms with Crippen molar-refractivity contribution in [2.75, 3.05) is 6.61 Å². The van der Waals surface area contributed by atoms with Crippen molar-refractivity contribution in [3.8, 4) is 5.75 Å². The van der Waals surface area contributed by atoms with Gasteiger partial charge in [0.1, 0.15) is 5.75 Å². The Bertz CT molecular complexity index is 2500. The molecule has 12 nitrogen and oxygen atoms in total. The molecule has 2 aromatic carbocycles. The molecule has 0 unspecified atom stereocenters. The Kier molecular flexibility index (Phi) is 37.0. The summed E-state index contributed by atoms with van der Waals surface area (Å²) in [6, 6.07) is 0.993. The number of ether oxygens (including phenoxy) is 1. The summed E-state index contributed by atoms with van der Waals surface area (Å²) < 4.78 is 232. The van der Waals surface area contributed by atoms with Crippen LogP contribution >= 0.6 is 0 Å². The smallest absolute Gasteiger partial charge is 0.396 e. The van der Waals surface area contributed by atoms with Crippen LogP contribution in [-0.4, -0.2) is 53.9 Å². The van der Waals surface area contributed by atoms with E-state index in [9.17, 15) is 47.3 Å². The average molecular weight is 1270 g/mol. The first-order valence-electron chi connectivity index (χ1n) is 31.4. The van der Waals surface area contributed by atoms with Crippen molar-refractivity contribution in [2.24, 2.45) is 0 Å². The van der Waals surface area contributed by atoms with E-state index in [1.807, 2.05) is 0 Å². The summed E-state index contributed by atoms with van der Waals surface area (Å²) in [5.41, 5.74) is -7.99. The van der Waals surface area contributed by atoms with E-state index in [0.717, 1.165) is 77.0 Å². The minimum atomic E-state index is -6.85. The fourth-order valence-corrected chi connectivity index (χ4v) is 14.0. The summed E-state index contributed by atoms with van der Waals surface area (Å²) in [5, 5.41) is -17.4. The lowest BCUT2D eigenvalue weighted by Crippen LogP contribution is -2.34. The molecule has 83 heavy (non-hydrogen) atoms. The Balaban J connectivity index is 2.11. The summed E-state index contributed by atoms with van der Waals surface area (Å²) >= 11 is 0. The molecule has 484 valence electrons. The van der Waals surface area contributed by atoms with Crippen molar-refractivity contribution in [1.29, 1.82) is 0 Å². The molecule has 2 rings (SSSR count). The van der Waals surface area contributed by atoms with Crippen LogP contribution in [0.4, 0.5) is 26.3 Å². The second kappa shape index (κ2) is 40.1.